The van der Waals surface area contributed by atoms with Crippen LogP contribution in [0, 0.1) is 33.5 Å². The summed E-state index contributed by atoms with van der Waals surface area (Å²) in [6.45, 7) is 0. The fourth-order valence-electron chi connectivity index (χ4n) is 2.96. The van der Waals surface area contributed by atoms with E-state index in [4.69, 9.17) is 5.73 Å². The van der Waals surface area contributed by atoms with Crippen LogP contribution >= 0.6 is 0 Å². The molecule has 86 valence electrons. The predicted molar refractivity (Wildman–Crippen MR) is 61.9 cm³/mol. The van der Waals surface area contributed by atoms with Gasteiger partial charge in [0.05, 0.1) is 12.1 Å². The summed E-state index contributed by atoms with van der Waals surface area (Å²) >= 11 is 0. The number of benzene rings is 1. The molecule has 2 aliphatic rings. The van der Waals surface area contributed by atoms with Crippen molar-refractivity contribution < 1.29 is 4.79 Å². The molecule has 0 unspecified atom stereocenters. The van der Waals surface area contributed by atoms with Crippen LogP contribution in [0.3, 0.4) is 0 Å². The van der Waals surface area contributed by atoms with Gasteiger partial charge >= 0.3 is 0 Å². The van der Waals surface area contributed by atoms with E-state index >= 15 is 0 Å². The lowest BCUT2D eigenvalue weighted by Gasteiger charge is -2.05. The Kier molecular flexibility index (Phi) is 1.73. The molecule has 0 saturated heterocycles. The number of amidine groups is 1. The maximum absolute atomic E-state index is 11.9. The molecule has 1 aliphatic heterocycles. The molecule has 0 radical (unpaired) electrons. The quantitative estimate of drug-likeness (QED) is 0.775. The zero-order valence-corrected chi connectivity index (χ0v) is 9.29. The first kappa shape index (κ1) is 10.5. The summed E-state index contributed by atoms with van der Waals surface area (Å²) in [5.74, 6) is -1.14. The standard InChI is InChI=1S/C13H8N4O/c14-6-12-9(8-4-2-1-3-5-8)13(12,7-15)11(18)17-10(12)16/h1-5,9H,(H2,16,17,18)/t9-,12-,13-/m0/s1. The highest BCUT2D eigenvalue weighted by Gasteiger charge is 2.88. The third-order valence-corrected chi connectivity index (χ3v) is 3.85. The van der Waals surface area contributed by atoms with Crippen molar-refractivity contribution >= 4 is 11.7 Å². The van der Waals surface area contributed by atoms with Crippen LogP contribution in [-0.4, -0.2) is 11.7 Å². The number of carbonyl (C=O) groups excluding carboxylic acids is 1. The van der Waals surface area contributed by atoms with Crippen LogP contribution in [0.25, 0.3) is 0 Å². The van der Waals surface area contributed by atoms with E-state index in [0.29, 0.717) is 0 Å². The summed E-state index contributed by atoms with van der Waals surface area (Å²) in [5, 5.41) is 18.7. The first-order chi connectivity index (χ1) is 8.65. The van der Waals surface area contributed by atoms with Crippen molar-refractivity contribution in [2.45, 2.75) is 5.92 Å². The van der Waals surface area contributed by atoms with Crippen molar-refractivity contribution in [3.8, 4) is 12.1 Å². The van der Waals surface area contributed by atoms with Gasteiger partial charge in [-0.25, -0.2) is 0 Å². The van der Waals surface area contributed by atoms with Gasteiger partial charge in [0.15, 0.2) is 10.8 Å². The molecule has 0 aromatic heterocycles. The van der Waals surface area contributed by atoms with Crippen molar-refractivity contribution in [1.29, 1.82) is 10.5 Å². The number of nitrogens with zero attached hydrogens (tertiary/aromatic N) is 3. The lowest BCUT2D eigenvalue weighted by molar-refractivity contribution is -0.120. The molecule has 1 aromatic carbocycles. The maximum Gasteiger partial charge on any atom is 0.270 e. The zero-order chi connectivity index (χ0) is 13.0. The Labute approximate surface area is 103 Å². The minimum absolute atomic E-state index is 0.0367. The van der Waals surface area contributed by atoms with E-state index in [2.05, 4.69) is 4.99 Å². The van der Waals surface area contributed by atoms with Gasteiger partial charge in [-0.05, 0) is 5.56 Å². The average molecular weight is 236 g/mol. The largest absolute Gasteiger partial charge is 0.386 e. The van der Waals surface area contributed by atoms with Gasteiger partial charge in [-0.2, -0.15) is 15.5 Å². The first-order valence-corrected chi connectivity index (χ1v) is 5.41. The predicted octanol–water partition coefficient (Wildman–Crippen LogP) is 0.701. The summed E-state index contributed by atoms with van der Waals surface area (Å²) in [6.07, 6.45) is 0. The Morgan fingerprint density at radius 3 is 2.28 bits per heavy atom. The van der Waals surface area contributed by atoms with Gasteiger partial charge < -0.3 is 5.73 Å². The number of hydrogen-bond acceptors (Lipinski definition) is 4. The number of hydrogen-bond donors (Lipinski definition) is 1. The van der Waals surface area contributed by atoms with E-state index in [1.165, 1.54) is 0 Å². The number of nitrogens with two attached hydrogens (primary N) is 1. The van der Waals surface area contributed by atoms with Crippen molar-refractivity contribution in [2.24, 2.45) is 21.6 Å². The highest BCUT2D eigenvalue weighted by atomic mass is 16.2. The van der Waals surface area contributed by atoms with Crippen molar-refractivity contribution in [2.75, 3.05) is 0 Å². The number of fused-ring (bicyclic) bond motifs is 1. The molecule has 1 heterocycles. The number of nitriles is 2. The summed E-state index contributed by atoms with van der Waals surface area (Å²) in [7, 11) is 0. The number of aliphatic imine (C=N–C) groups is 1. The average Bonchev–Trinajstić information content (AvgIpc) is 2.97. The molecule has 3 atom stereocenters. The van der Waals surface area contributed by atoms with E-state index < -0.39 is 22.7 Å². The Bertz CT molecular complexity index is 666. The minimum Gasteiger partial charge on any atom is -0.386 e. The number of rotatable bonds is 1. The fourth-order valence-corrected chi connectivity index (χ4v) is 2.96. The fraction of sp³-hybridized carbons (Fsp3) is 0.231. The van der Waals surface area contributed by atoms with Crippen LogP contribution in [0.5, 0.6) is 0 Å². The summed E-state index contributed by atoms with van der Waals surface area (Å²) in [4.78, 5) is 15.5. The molecular weight excluding hydrogens is 228 g/mol. The highest BCUT2D eigenvalue weighted by Crippen LogP contribution is 2.76. The van der Waals surface area contributed by atoms with Crippen molar-refractivity contribution in [3.05, 3.63) is 35.9 Å². The molecule has 2 N–H and O–H groups in total. The van der Waals surface area contributed by atoms with E-state index in [1.807, 2.05) is 18.2 Å². The third-order valence-electron chi connectivity index (χ3n) is 3.85. The maximum atomic E-state index is 11.9. The van der Waals surface area contributed by atoms with Gasteiger partial charge in [-0.15, -0.1) is 0 Å². The van der Waals surface area contributed by atoms with Crippen LogP contribution in [0.1, 0.15) is 11.5 Å². The molecule has 1 amide bonds. The second-order valence-corrected chi connectivity index (χ2v) is 4.49. The number of amides is 1. The van der Waals surface area contributed by atoms with Gasteiger partial charge in [0, 0.05) is 5.92 Å². The molecule has 5 nitrogen and oxygen atoms in total. The summed E-state index contributed by atoms with van der Waals surface area (Å²) < 4.78 is 0. The first-order valence-electron chi connectivity index (χ1n) is 5.41. The van der Waals surface area contributed by atoms with Crippen LogP contribution in [-0.2, 0) is 4.79 Å². The van der Waals surface area contributed by atoms with Crippen molar-refractivity contribution in [3.63, 3.8) is 0 Å². The van der Waals surface area contributed by atoms with Gasteiger partial charge in [0.25, 0.3) is 5.91 Å². The van der Waals surface area contributed by atoms with Gasteiger partial charge in [0.2, 0.25) is 0 Å². The lowest BCUT2D eigenvalue weighted by atomic mass is 9.97. The molecule has 1 aliphatic carbocycles. The molecule has 0 bridgehead atoms. The Balaban J connectivity index is 2.22. The molecular formula is C13H8N4O. The molecule has 18 heavy (non-hydrogen) atoms. The second-order valence-electron chi connectivity index (χ2n) is 4.49. The summed E-state index contributed by atoms with van der Waals surface area (Å²) in [5.41, 5.74) is 3.77. The second kappa shape index (κ2) is 2.96. The van der Waals surface area contributed by atoms with Crippen LogP contribution in [0.15, 0.2) is 35.3 Å². The van der Waals surface area contributed by atoms with Gasteiger partial charge in [-0.3, -0.25) is 4.79 Å². The van der Waals surface area contributed by atoms with E-state index in [-0.39, 0.29) is 5.84 Å². The zero-order valence-electron chi connectivity index (χ0n) is 9.29. The van der Waals surface area contributed by atoms with Crippen LogP contribution < -0.4 is 5.73 Å². The smallest absolute Gasteiger partial charge is 0.270 e. The Hall–Kier alpha value is -2.66. The third kappa shape index (κ3) is 0.802. The van der Waals surface area contributed by atoms with E-state index in [1.54, 1.807) is 24.3 Å². The van der Waals surface area contributed by atoms with Gasteiger partial charge in [0.1, 0.15) is 5.84 Å². The molecule has 3 rings (SSSR count). The molecule has 0 spiro atoms. The van der Waals surface area contributed by atoms with Crippen LogP contribution in [0.2, 0.25) is 0 Å². The topological polar surface area (TPSA) is 103 Å². The molecule has 1 fully saturated rings. The lowest BCUT2D eigenvalue weighted by Crippen LogP contribution is -2.25. The molecule has 1 saturated carbocycles. The van der Waals surface area contributed by atoms with Crippen LogP contribution in [0.4, 0.5) is 0 Å². The number of carbonyl (C=O) groups is 1. The van der Waals surface area contributed by atoms with Crippen molar-refractivity contribution in [1.82, 2.24) is 0 Å². The van der Waals surface area contributed by atoms with Gasteiger partial charge in [-0.1, -0.05) is 30.3 Å². The van der Waals surface area contributed by atoms with E-state index in [9.17, 15) is 15.3 Å². The normalized spacial score (nSPS) is 36.2. The van der Waals surface area contributed by atoms with E-state index in [0.717, 1.165) is 5.56 Å². The highest BCUT2D eigenvalue weighted by molar-refractivity contribution is 6.18. The minimum atomic E-state index is -1.42. The summed E-state index contributed by atoms with van der Waals surface area (Å²) in [6, 6.07) is 13.0. The monoisotopic (exact) mass is 236 g/mol. The Morgan fingerprint density at radius 1 is 1.17 bits per heavy atom. The molecule has 1 aromatic rings. The molecule has 5 heteroatoms. The SMILES string of the molecule is N#C[C@]12C(=O)N=C(N)[C@]1(C#N)[C@@H]2c1ccccc1. The Morgan fingerprint density at radius 2 is 1.78 bits per heavy atom.